The van der Waals surface area contributed by atoms with Crippen LogP contribution in [0, 0.1) is 13.8 Å². The predicted molar refractivity (Wildman–Crippen MR) is 39.4 cm³/mol. The van der Waals surface area contributed by atoms with Crippen LogP contribution in [0.5, 0.6) is 0 Å². The highest BCUT2D eigenvalue weighted by Gasteiger charge is 1.99. The molecule has 0 bridgehead atoms. The first kappa shape index (κ1) is 6.51. The Kier molecular flexibility index (Phi) is 1.68. The van der Waals surface area contributed by atoms with Gasteiger partial charge in [-0.25, -0.2) is 10.8 Å². The number of hydrazine groups is 1. The molecule has 0 aliphatic carbocycles. The van der Waals surface area contributed by atoms with Crippen molar-refractivity contribution in [3.05, 3.63) is 9.88 Å². The molecule has 0 atom stereocenters. The van der Waals surface area contributed by atoms with Crippen molar-refractivity contribution >= 4 is 17.2 Å². The molecule has 1 rings (SSSR count). The number of nitrogen functional groups attached to an aromatic ring is 1. The van der Waals surface area contributed by atoms with E-state index in [2.05, 4.69) is 10.4 Å². The van der Waals surface area contributed by atoms with Gasteiger partial charge >= 0.3 is 0 Å². The fraction of sp³-hybridized carbons (Fsp3) is 0.400. The van der Waals surface area contributed by atoms with Crippen LogP contribution in [-0.2, 0) is 0 Å². The summed E-state index contributed by atoms with van der Waals surface area (Å²) in [7, 11) is 0. The molecule has 9 heavy (non-hydrogen) atoms. The third kappa shape index (κ3) is 1.20. The van der Waals surface area contributed by atoms with Gasteiger partial charge in [-0.1, -0.05) is 0 Å². The summed E-state index contributed by atoms with van der Waals surface area (Å²) in [5, 5.41) is 1.04. The second-order valence-corrected chi connectivity index (χ2v) is 3.19. The Bertz CT molecular complexity index is 206. The smallest absolute Gasteiger partial charge is 0.154 e. The van der Waals surface area contributed by atoms with Crippen LogP contribution in [0.4, 0.5) is 5.82 Å². The lowest BCUT2D eigenvalue weighted by Crippen LogP contribution is -2.07. The number of aromatic nitrogens is 1. The van der Waals surface area contributed by atoms with E-state index in [0.717, 1.165) is 15.7 Å². The molecule has 50 valence electrons. The molecule has 1 heterocycles. The summed E-state index contributed by atoms with van der Waals surface area (Å²) < 4.78 is 0. The van der Waals surface area contributed by atoms with Crippen LogP contribution in [0.25, 0.3) is 0 Å². The van der Waals surface area contributed by atoms with Gasteiger partial charge in [0.1, 0.15) is 0 Å². The maximum Gasteiger partial charge on any atom is 0.154 e. The van der Waals surface area contributed by atoms with Crippen LogP contribution in [0.15, 0.2) is 0 Å². The Morgan fingerprint density at radius 1 is 1.56 bits per heavy atom. The van der Waals surface area contributed by atoms with E-state index in [0.29, 0.717) is 0 Å². The lowest BCUT2D eigenvalue weighted by molar-refractivity contribution is 1.21. The molecule has 0 saturated carbocycles. The molecule has 0 radical (unpaired) electrons. The average molecular weight is 143 g/mol. The third-order valence-corrected chi connectivity index (χ3v) is 1.93. The number of nitrogens with zero attached hydrogens (tertiary/aromatic N) is 1. The van der Waals surface area contributed by atoms with Crippen molar-refractivity contribution in [1.82, 2.24) is 4.98 Å². The minimum Gasteiger partial charge on any atom is -0.308 e. The first-order valence-corrected chi connectivity index (χ1v) is 3.46. The number of thiazole rings is 1. The van der Waals surface area contributed by atoms with Gasteiger partial charge in [0.25, 0.3) is 0 Å². The van der Waals surface area contributed by atoms with E-state index >= 15 is 0 Å². The molecule has 1 aromatic heterocycles. The Balaban J connectivity index is 3.01. The summed E-state index contributed by atoms with van der Waals surface area (Å²) in [6.07, 6.45) is 0. The third-order valence-electron chi connectivity index (χ3n) is 1.04. The van der Waals surface area contributed by atoms with Crippen LogP contribution in [0.2, 0.25) is 0 Å². The highest BCUT2D eigenvalue weighted by Crippen LogP contribution is 2.19. The molecule has 1 aromatic rings. The zero-order valence-corrected chi connectivity index (χ0v) is 6.25. The molecular formula is C5H9N3S. The SMILES string of the molecule is Cc1nc(NN)c(C)s1. The van der Waals surface area contributed by atoms with Crippen molar-refractivity contribution in [2.45, 2.75) is 13.8 Å². The Labute approximate surface area is 57.9 Å². The zero-order chi connectivity index (χ0) is 6.85. The fourth-order valence-electron chi connectivity index (χ4n) is 0.663. The number of aryl methyl sites for hydroxylation is 2. The van der Waals surface area contributed by atoms with Crippen LogP contribution >= 0.6 is 11.3 Å². The normalized spacial score (nSPS) is 9.67. The molecule has 0 spiro atoms. The summed E-state index contributed by atoms with van der Waals surface area (Å²) >= 11 is 1.64. The zero-order valence-electron chi connectivity index (χ0n) is 5.43. The summed E-state index contributed by atoms with van der Waals surface area (Å²) in [6, 6.07) is 0. The van der Waals surface area contributed by atoms with Crippen molar-refractivity contribution in [3.63, 3.8) is 0 Å². The molecular weight excluding hydrogens is 134 g/mol. The van der Waals surface area contributed by atoms with Crippen molar-refractivity contribution in [2.24, 2.45) is 5.84 Å². The number of anilines is 1. The average Bonchev–Trinajstić information content (AvgIpc) is 2.10. The maximum atomic E-state index is 5.16. The van der Waals surface area contributed by atoms with E-state index in [9.17, 15) is 0 Å². The number of nitrogens with two attached hydrogens (primary N) is 1. The summed E-state index contributed by atoms with van der Waals surface area (Å²) in [5.74, 6) is 5.95. The van der Waals surface area contributed by atoms with E-state index < -0.39 is 0 Å². The number of nitrogens with one attached hydrogen (secondary N) is 1. The standard InChI is InChI=1S/C5H9N3S/c1-3-5(8-6)7-4(2)9-3/h8H,6H2,1-2H3. The first-order valence-electron chi connectivity index (χ1n) is 2.64. The molecule has 0 aliphatic rings. The molecule has 0 fully saturated rings. The second-order valence-electron chi connectivity index (χ2n) is 1.78. The molecule has 0 saturated heterocycles. The van der Waals surface area contributed by atoms with Gasteiger partial charge in [0.05, 0.1) is 5.01 Å². The van der Waals surface area contributed by atoms with Gasteiger partial charge in [0.15, 0.2) is 5.82 Å². The van der Waals surface area contributed by atoms with Crippen molar-refractivity contribution in [3.8, 4) is 0 Å². The molecule has 0 amide bonds. The van der Waals surface area contributed by atoms with Gasteiger partial charge in [-0.2, -0.15) is 0 Å². The van der Waals surface area contributed by atoms with E-state index in [4.69, 9.17) is 5.84 Å². The van der Waals surface area contributed by atoms with Gasteiger partial charge < -0.3 is 5.43 Å². The minimum absolute atomic E-state index is 0.789. The van der Waals surface area contributed by atoms with Gasteiger partial charge in [-0.15, -0.1) is 11.3 Å². The topological polar surface area (TPSA) is 50.9 Å². The predicted octanol–water partition coefficient (Wildman–Crippen LogP) is 1.05. The lowest BCUT2D eigenvalue weighted by atomic mass is 10.6. The van der Waals surface area contributed by atoms with Crippen LogP contribution in [-0.4, -0.2) is 4.98 Å². The highest BCUT2D eigenvalue weighted by atomic mass is 32.1. The number of rotatable bonds is 1. The van der Waals surface area contributed by atoms with Crippen molar-refractivity contribution < 1.29 is 0 Å². The van der Waals surface area contributed by atoms with Crippen LogP contribution in [0.3, 0.4) is 0 Å². The minimum atomic E-state index is 0.789. The monoisotopic (exact) mass is 143 g/mol. The van der Waals surface area contributed by atoms with Gasteiger partial charge in [-0.05, 0) is 13.8 Å². The van der Waals surface area contributed by atoms with E-state index in [1.165, 1.54) is 0 Å². The largest absolute Gasteiger partial charge is 0.308 e. The van der Waals surface area contributed by atoms with Crippen LogP contribution < -0.4 is 11.3 Å². The Morgan fingerprint density at radius 2 is 2.22 bits per heavy atom. The maximum absolute atomic E-state index is 5.16. The second kappa shape index (κ2) is 2.33. The summed E-state index contributed by atoms with van der Waals surface area (Å²) in [6.45, 7) is 3.94. The van der Waals surface area contributed by atoms with Gasteiger partial charge in [-0.3, -0.25) is 0 Å². The number of hydrogen-bond acceptors (Lipinski definition) is 4. The quantitative estimate of drug-likeness (QED) is 0.456. The Morgan fingerprint density at radius 3 is 2.44 bits per heavy atom. The van der Waals surface area contributed by atoms with E-state index in [1.807, 2.05) is 13.8 Å². The van der Waals surface area contributed by atoms with Crippen LogP contribution in [0.1, 0.15) is 9.88 Å². The molecule has 0 unspecified atom stereocenters. The molecule has 3 nitrogen and oxygen atoms in total. The summed E-state index contributed by atoms with van der Waals surface area (Å²) in [4.78, 5) is 5.25. The lowest BCUT2D eigenvalue weighted by Gasteiger charge is -1.90. The number of hydrogen-bond donors (Lipinski definition) is 2. The fourth-order valence-corrected chi connectivity index (χ4v) is 1.44. The molecule has 0 aliphatic heterocycles. The summed E-state index contributed by atoms with van der Waals surface area (Å²) in [5.41, 5.74) is 2.52. The Hall–Kier alpha value is -0.610. The van der Waals surface area contributed by atoms with E-state index in [-0.39, 0.29) is 0 Å². The van der Waals surface area contributed by atoms with Gasteiger partial charge in [0.2, 0.25) is 0 Å². The van der Waals surface area contributed by atoms with E-state index in [1.54, 1.807) is 11.3 Å². The highest BCUT2D eigenvalue weighted by molar-refractivity contribution is 7.12. The molecule has 4 heteroatoms. The van der Waals surface area contributed by atoms with Gasteiger partial charge in [0, 0.05) is 4.88 Å². The molecule has 3 N–H and O–H groups in total. The van der Waals surface area contributed by atoms with Crippen molar-refractivity contribution in [2.75, 3.05) is 5.43 Å². The van der Waals surface area contributed by atoms with Crippen molar-refractivity contribution in [1.29, 1.82) is 0 Å². The first-order chi connectivity index (χ1) is 4.24. The molecule has 0 aromatic carbocycles.